The number of carbonyl (C=O) groups excluding carboxylic acids is 2. The molecule has 0 aliphatic rings. The van der Waals surface area contributed by atoms with E-state index in [-0.39, 0.29) is 38.9 Å². The fourth-order valence-electron chi connectivity index (χ4n) is 1.19. The van der Waals surface area contributed by atoms with Gasteiger partial charge >= 0.3 is 12.6 Å². The molecule has 0 saturated carbocycles. The molecule has 0 aliphatic heterocycles. The molecule has 0 radical (unpaired) electrons. The smallest absolute Gasteiger partial charge is 0.316 e. The normalized spacial score (nSPS) is 7.62. The van der Waals surface area contributed by atoms with Crippen molar-refractivity contribution in [2.75, 3.05) is 0 Å². The van der Waals surface area contributed by atoms with Gasteiger partial charge in [0.05, 0.1) is 0 Å². The van der Waals surface area contributed by atoms with Crippen LogP contribution in [0.5, 0.6) is 11.5 Å². The Morgan fingerprint density at radius 3 is 1.14 bits per heavy atom. The molecule has 2 aromatic rings. The van der Waals surface area contributed by atoms with Crippen LogP contribution in [0.4, 0.5) is 0 Å². The zero-order chi connectivity index (χ0) is 13.4. The molecule has 0 unspecified atom stereocenters. The fourth-order valence-corrected chi connectivity index (χ4v) is 1.19. The summed E-state index contributed by atoms with van der Waals surface area (Å²) in [6, 6.07) is 13.1. The fraction of sp³-hybridized carbons (Fsp3) is 0. The second-order valence-corrected chi connectivity index (χ2v) is 3.38. The molecule has 0 aromatic heterocycles. The number of aldehydes is 2. The molecule has 2 aromatic carbocycles. The molecule has 0 spiro atoms. The average molecular weight is 339 g/mol. The number of hydrogen-bond donors (Lipinski definition) is 2. The first-order valence-electron chi connectivity index (χ1n) is 5.20. The van der Waals surface area contributed by atoms with Gasteiger partial charge in [0.25, 0.3) is 0 Å². The van der Waals surface area contributed by atoms with Gasteiger partial charge in [-0.3, -0.25) is 9.59 Å². The molecule has 0 fully saturated rings. The monoisotopic (exact) mass is 338 g/mol. The number of hydrogen-bond acceptors (Lipinski definition) is 4. The van der Waals surface area contributed by atoms with Crippen molar-refractivity contribution in [2.45, 2.75) is 0 Å². The first kappa shape index (κ1) is 23.9. The molecule has 0 atom stereocenters. The van der Waals surface area contributed by atoms with Gasteiger partial charge in [0.15, 0.2) is 0 Å². The Labute approximate surface area is 131 Å². The molecule has 0 bridgehead atoms. The van der Waals surface area contributed by atoms with Crippen LogP contribution in [0.25, 0.3) is 0 Å². The van der Waals surface area contributed by atoms with Crippen molar-refractivity contribution in [2.24, 2.45) is 0 Å². The molecule has 6 nitrogen and oxygen atoms in total. The van der Waals surface area contributed by atoms with Crippen LogP contribution in [0.1, 0.15) is 11.1 Å². The molecule has 0 saturated heterocycles. The first-order valence-corrected chi connectivity index (χ1v) is 5.20. The van der Waals surface area contributed by atoms with E-state index in [1.165, 1.54) is 12.1 Å². The summed E-state index contributed by atoms with van der Waals surface area (Å²) >= 11 is 0. The van der Waals surface area contributed by atoms with E-state index in [1.54, 1.807) is 36.4 Å². The van der Waals surface area contributed by atoms with Gasteiger partial charge in [-0.2, -0.15) is 0 Å². The van der Waals surface area contributed by atoms with Crippen molar-refractivity contribution in [1.29, 1.82) is 0 Å². The largest absolute Gasteiger partial charge is 0.870 e. The van der Waals surface area contributed by atoms with Gasteiger partial charge in [-0.1, -0.05) is 24.3 Å². The number of phenolic OH excluding ortho intramolecular Hbond substituents is 2. The van der Waals surface area contributed by atoms with Crippen LogP contribution in [0.3, 0.4) is 0 Å². The third-order valence-corrected chi connectivity index (χ3v) is 2.15. The molecule has 0 heterocycles. The molecule has 21 heavy (non-hydrogen) atoms. The van der Waals surface area contributed by atoms with Crippen LogP contribution >= 0.6 is 0 Å². The summed E-state index contributed by atoms with van der Waals surface area (Å²) < 4.78 is 0. The predicted octanol–water partition coefficient (Wildman–Crippen LogP) is 1.47. The van der Waals surface area contributed by atoms with Gasteiger partial charge in [0, 0.05) is 16.5 Å². The molecular formula is C14H16NiO6. The van der Waals surface area contributed by atoms with Crippen LogP contribution in [0, 0.1) is 0 Å². The van der Waals surface area contributed by atoms with Crippen LogP contribution < -0.4 is 0 Å². The summed E-state index contributed by atoms with van der Waals surface area (Å²) in [5, 5.41) is 17.8. The van der Waals surface area contributed by atoms with E-state index in [1.807, 2.05) is 0 Å². The standard InChI is InChI=1S/2C7H6O2.Ni.2H2O/c2*8-5-6-3-1-2-4-7(6)9;;;/h2*1-5,9H;;2*1H2. The van der Waals surface area contributed by atoms with Crippen molar-refractivity contribution in [3.8, 4) is 11.5 Å². The van der Waals surface area contributed by atoms with Gasteiger partial charge in [-0.05, 0) is 24.3 Å². The minimum Gasteiger partial charge on any atom is -0.870 e. The Balaban J connectivity index is -0.000000270. The topological polar surface area (TPSA) is 143 Å². The number of para-hydroxylation sites is 2. The van der Waals surface area contributed by atoms with Crippen LogP contribution in [-0.2, 0) is 16.5 Å². The Morgan fingerprint density at radius 2 is 0.952 bits per heavy atom. The maximum Gasteiger partial charge on any atom is 0.316 e. The SMILES string of the molecule is Oc1ccccc1C=[OH+].Oc1ccccc1C=[OH+].[Ni].[OH-].[OH-]. The quantitative estimate of drug-likeness (QED) is 0.485. The van der Waals surface area contributed by atoms with Gasteiger partial charge in [0.1, 0.15) is 22.6 Å². The van der Waals surface area contributed by atoms with Crippen molar-refractivity contribution < 1.29 is 47.2 Å². The molecular weight excluding hydrogens is 323 g/mol. The van der Waals surface area contributed by atoms with Gasteiger partial charge in [-0.15, -0.1) is 0 Å². The van der Waals surface area contributed by atoms with Gasteiger partial charge < -0.3 is 21.2 Å². The van der Waals surface area contributed by atoms with Crippen molar-refractivity contribution in [1.82, 2.24) is 0 Å². The van der Waals surface area contributed by atoms with Gasteiger partial charge in [-0.25, -0.2) is 0 Å². The van der Waals surface area contributed by atoms with Crippen LogP contribution in [-0.4, -0.2) is 43.3 Å². The van der Waals surface area contributed by atoms with Crippen molar-refractivity contribution in [3.63, 3.8) is 0 Å². The first-order chi connectivity index (χ1) is 8.69. The van der Waals surface area contributed by atoms with Crippen molar-refractivity contribution >= 4 is 12.6 Å². The van der Waals surface area contributed by atoms with Crippen LogP contribution in [0.15, 0.2) is 48.5 Å². The third-order valence-electron chi connectivity index (χ3n) is 2.15. The number of benzene rings is 2. The Bertz CT molecular complexity index is 495. The average Bonchev–Trinajstić information content (AvgIpc) is 2.41. The second kappa shape index (κ2) is 12.8. The summed E-state index contributed by atoms with van der Waals surface area (Å²) in [5.41, 5.74) is 0.884. The predicted molar refractivity (Wildman–Crippen MR) is 74.3 cm³/mol. The van der Waals surface area contributed by atoms with Crippen LogP contribution in [0.2, 0.25) is 0 Å². The maximum absolute atomic E-state index is 8.92. The second-order valence-electron chi connectivity index (χ2n) is 3.38. The molecule has 0 aliphatic carbocycles. The maximum atomic E-state index is 8.92. The van der Waals surface area contributed by atoms with E-state index in [2.05, 4.69) is 0 Å². The number of phenols is 2. The zero-order valence-electron chi connectivity index (χ0n) is 10.8. The Morgan fingerprint density at radius 1 is 0.667 bits per heavy atom. The number of rotatable bonds is 2. The Kier molecular flexibility index (Phi) is 14.5. The summed E-state index contributed by atoms with van der Waals surface area (Å²) in [4.78, 5) is 16.9. The van der Waals surface area contributed by atoms with E-state index in [4.69, 9.17) is 19.8 Å². The number of aromatic hydroxyl groups is 2. The molecule has 2 rings (SSSR count). The van der Waals surface area contributed by atoms with E-state index in [0.29, 0.717) is 11.1 Å². The van der Waals surface area contributed by atoms with Crippen molar-refractivity contribution in [3.05, 3.63) is 59.7 Å². The molecule has 0 amide bonds. The molecule has 7 heteroatoms. The summed E-state index contributed by atoms with van der Waals surface area (Å²) in [6.07, 6.45) is 1.74. The van der Waals surface area contributed by atoms with E-state index in [0.717, 1.165) is 12.6 Å². The summed E-state index contributed by atoms with van der Waals surface area (Å²) in [6.45, 7) is 0. The minimum absolute atomic E-state index is 0. The van der Waals surface area contributed by atoms with Gasteiger partial charge in [0.2, 0.25) is 0 Å². The zero-order valence-corrected chi connectivity index (χ0v) is 11.8. The summed E-state index contributed by atoms with van der Waals surface area (Å²) in [5.74, 6) is 0.194. The Hall–Kier alpha value is -2.21. The van der Waals surface area contributed by atoms with E-state index >= 15 is 0 Å². The minimum atomic E-state index is 0. The molecule has 6 N–H and O–H groups in total. The third kappa shape index (κ3) is 7.84. The molecule has 118 valence electrons. The van der Waals surface area contributed by atoms with E-state index < -0.39 is 0 Å². The summed E-state index contributed by atoms with van der Waals surface area (Å²) in [7, 11) is 0. The van der Waals surface area contributed by atoms with E-state index in [9.17, 15) is 0 Å².